The Hall–Kier alpha value is -1.15. The van der Waals surface area contributed by atoms with Crippen LogP contribution >= 0.6 is 0 Å². The summed E-state index contributed by atoms with van der Waals surface area (Å²) in [5, 5.41) is 0. The molecule has 0 bridgehead atoms. The Balaban J connectivity index is 3.32. The summed E-state index contributed by atoms with van der Waals surface area (Å²) < 4.78 is 49.5. The van der Waals surface area contributed by atoms with Crippen molar-refractivity contribution in [1.29, 1.82) is 0 Å². The standard InChI is InChI=1S/C18H30O6S/c1-6-22-17(23-16-10-8-7-9-11-16)18(12-14(2)3,13-15(4)5)24-25(19,20)21/h7-11,14-15,17H,6,12-13H2,1-5H3,(H,19,20,21). The second-order valence-electron chi connectivity index (χ2n) is 6.99. The van der Waals surface area contributed by atoms with Crippen LogP contribution in [-0.2, 0) is 19.3 Å². The van der Waals surface area contributed by atoms with Crippen molar-refractivity contribution in [2.45, 2.75) is 59.4 Å². The first-order valence-electron chi connectivity index (χ1n) is 8.59. The maximum Gasteiger partial charge on any atom is 0.398 e. The molecular formula is C18H30O6S. The summed E-state index contributed by atoms with van der Waals surface area (Å²) >= 11 is 0. The van der Waals surface area contributed by atoms with Gasteiger partial charge in [-0.25, -0.2) is 4.18 Å². The molecule has 1 unspecified atom stereocenters. The van der Waals surface area contributed by atoms with Gasteiger partial charge in [-0.1, -0.05) is 45.9 Å². The highest BCUT2D eigenvalue weighted by Crippen LogP contribution is 2.36. The van der Waals surface area contributed by atoms with Crippen LogP contribution in [0.4, 0.5) is 0 Å². The van der Waals surface area contributed by atoms with Crippen LogP contribution in [0, 0.1) is 11.8 Å². The average molecular weight is 374 g/mol. The van der Waals surface area contributed by atoms with E-state index in [1.54, 1.807) is 19.1 Å². The lowest BCUT2D eigenvalue weighted by molar-refractivity contribution is -0.197. The van der Waals surface area contributed by atoms with Gasteiger partial charge in [0, 0.05) is 6.61 Å². The molecule has 7 heteroatoms. The molecule has 0 aliphatic rings. The highest BCUT2D eigenvalue weighted by atomic mass is 32.3. The lowest BCUT2D eigenvalue weighted by Crippen LogP contribution is -2.52. The molecule has 144 valence electrons. The molecule has 1 aromatic carbocycles. The third kappa shape index (κ3) is 7.73. The zero-order chi connectivity index (χ0) is 19.1. The number of para-hydroxylation sites is 1. The van der Waals surface area contributed by atoms with E-state index in [2.05, 4.69) is 0 Å². The zero-order valence-electron chi connectivity index (χ0n) is 15.6. The highest BCUT2D eigenvalue weighted by Gasteiger charge is 2.47. The van der Waals surface area contributed by atoms with Crippen LogP contribution < -0.4 is 4.74 Å². The summed E-state index contributed by atoms with van der Waals surface area (Å²) in [6.07, 6.45) is -0.281. The first-order chi connectivity index (χ1) is 11.6. The van der Waals surface area contributed by atoms with Gasteiger partial charge in [0.15, 0.2) is 5.60 Å². The zero-order valence-corrected chi connectivity index (χ0v) is 16.5. The average Bonchev–Trinajstić information content (AvgIpc) is 2.44. The van der Waals surface area contributed by atoms with Crippen LogP contribution in [0.15, 0.2) is 30.3 Å². The summed E-state index contributed by atoms with van der Waals surface area (Å²) in [6.45, 7) is 9.92. The van der Waals surface area contributed by atoms with Crippen molar-refractivity contribution in [1.82, 2.24) is 0 Å². The van der Waals surface area contributed by atoms with E-state index < -0.39 is 22.3 Å². The van der Waals surface area contributed by atoms with Gasteiger partial charge in [-0.15, -0.1) is 0 Å². The predicted molar refractivity (Wildman–Crippen MR) is 96.8 cm³/mol. The molecular weight excluding hydrogens is 344 g/mol. The summed E-state index contributed by atoms with van der Waals surface area (Å²) in [7, 11) is -4.69. The second-order valence-corrected chi connectivity index (χ2v) is 8.01. The van der Waals surface area contributed by atoms with E-state index in [-0.39, 0.29) is 11.8 Å². The Kier molecular flexibility index (Phi) is 8.34. The number of benzene rings is 1. The molecule has 1 N–H and O–H groups in total. The molecule has 6 nitrogen and oxygen atoms in total. The Labute approximate surface area is 151 Å². The lowest BCUT2D eigenvalue weighted by Gasteiger charge is -2.40. The molecule has 0 saturated carbocycles. The van der Waals surface area contributed by atoms with E-state index in [0.29, 0.717) is 25.2 Å². The minimum atomic E-state index is -4.69. The van der Waals surface area contributed by atoms with E-state index in [9.17, 15) is 13.0 Å². The topological polar surface area (TPSA) is 82.1 Å². The van der Waals surface area contributed by atoms with Gasteiger partial charge in [-0.05, 0) is 43.7 Å². The van der Waals surface area contributed by atoms with E-state index in [0.717, 1.165) is 0 Å². The molecule has 25 heavy (non-hydrogen) atoms. The number of ether oxygens (including phenoxy) is 2. The van der Waals surface area contributed by atoms with Gasteiger partial charge >= 0.3 is 10.4 Å². The largest absolute Gasteiger partial charge is 0.462 e. The van der Waals surface area contributed by atoms with E-state index in [1.807, 2.05) is 45.9 Å². The fraction of sp³-hybridized carbons (Fsp3) is 0.667. The van der Waals surface area contributed by atoms with Crippen molar-refractivity contribution in [2.75, 3.05) is 6.61 Å². The molecule has 0 fully saturated rings. The van der Waals surface area contributed by atoms with Gasteiger partial charge in [0.05, 0.1) is 0 Å². The minimum Gasteiger partial charge on any atom is -0.462 e. The first-order valence-corrected chi connectivity index (χ1v) is 9.96. The van der Waals surface area contributed by atoms with Gasteiger partial charge in [0.2, 0.25) is 6.29 Å². The number of hydrogen-bond donors (Lipinski definition) is 1. The van der Waals surface area contributed by atoms with Crippen molar-refractivity contribution in [2.24, 2.45) is 11.8 Å². The molecule has 0 radical (unpaired) electrons. The Morgan fingerprint density at radius 1 is 1.04 bits per heavy atom. The van der Waals surface area contributed by atoms with E-state index in [4.69, 9.17) is 13.7 Å². The Bertz CT molecular complexity index is 587. The minimum absolute atomic E-state index is 0.0998. The summed E-state index contributed by atoms with van der Waals surface area (Å²) in [5.41, 5.74) is -1.33. The summed E-state index contributed by atoms with van der Waals surface area (Å²) in [4.78, 5) is 0. The monoisotopic (exact) mass is 374 g/mol. The quantitative estimate of drug-likeness (QED) is 0.464. The van der Waals surface area contributed by atoms with Gasteiger partial charge in [-0.3, -0.25) is 4.55 Å². The molecule has 0 heterocycles. The number of rotatable bonds is 11. The van der Waals surface area contributed by atoms with Crippen LogP contribution in [0.5, 0.6) is 5.75 Å². The van der Waals surface area contributed by atoms with Crippen LogP contribution in [0.25, 0.3) is 0 Å². The third-order valence-corrected chi connectivity index (χ3v) is 4.06. The molecule has 1 atom stereocenters. The van der Waals surface area contributed by atoms with Crippen LogP contribution in [0.3, 0.4) is 0 Å². The lowest BCUT2D eigenvalue weighted by atomic mass is 9.84. The third-order valence-electron chi connectivity index (χ3n) is 3.51. The molecule has 0 aliphatic carbocycles. The van der Waals surface area contributed by atoms with Crippen LogP contribution in [0.2, 0.25) is 0 Å². The van der Waals surface area contributed by atoms with Crippen molar-refractivity contribution >= 4 is 10.4 Å². The van der Waals surface area contributed by atoms with E-state index >= 15 is 0 Å². The van der Waals surface area contributed by atoms with Gasteiger partial charge in [-0.2, -0.15) is 8.42 Å². The Morgan fingerprint density at radius 2 is 1.56 bits per heavy atom. The van der Waals surface area contributed by atoms with Crippen LogP contribution in [0.1, 0.15) is 47.5 Å². The molecule has 0 aromatic heterocycles. The normalized spacial score (nSPS) is 14.1. The molecule has 0 aliphatic heterocycles. The fourth-order valence-corrected chi connectivity index (χ4v) is 3.68. The van der Waals surface area contributed by atoms with Gasteiger partial charge in [0.25, 0.3) is 0 Å². The second kappa shape index (κ2) is 9.52. The van der Waals surface area contributed by atoms with Gasteiger partial charge < -0.3 is 9.47 Å². The molecule has 1 rings (SSSR count). The maximum absolute atomic E-state index is 11.6. The maximum atomic E-state index is 11.6. The highest BCUT2D eigenvalue weighted by molar-refractivity contribution is 7.80. The summed E-state index contributed by atoms with van der Waals surface area (Å²) in [6, 6.07) is 9.00. The van der Waals surface area contributed by atoms with Crippen LogP contribution in [-0.4, -0.2) is 31.5 Å². The Morgan fingerprint density at radius 3 is 1.96 bits per heavy atom. The van der Waals surface area contributed by atoms with E-state index in [1.165, 1.54) is 0 Å². The predicted octanol–water partition coefficient (Wildman–Crippen LogP) is 4.08. The summed E-state index contributed by atoms with van der Waals surface area (Å²) in [5.74, 6) is 0.738. The molecule has 0 amide bonds. The van der Waals surface area contributed by atoms with Crippen molar-refractivity contribution in [3.8, 4) is 5.75 Å². The SMILES string of the molecule is CCOC(Oc1ccccc1)C(CC(C)C)(CC(C)C)OS(=O)(=O)O. The fourth-order valence-electron chi connectivity index (χ4n) is 3.04. The molecule has 1 aromatic rings. The molecule has 0 saturated heterocycles. The molecule has 0 spiro atoms. The van der Waals surface area contributed by atoms with Crippen molar-refractivity contribution in [3.63, 3.8) is 0 Å². The van der Waals surface area contributed by atoms with Gasteiger partial charge in [0.1, 0.15) is 5.75 Å². The first kappa shape index (κ1) is 21.9. The smallest absolute Gasteiger partial charge is 0.398 e. The van der Waals surface area contributed by atoms with Crippen molar-refractivity contribution in [3.05, 3.63) is 30.3 Å². The van der Waals surface area contributed by atoms with Crippen molar-refractivity contribution < 1.29 is 26.6 Å². The number of hydrogen-bond acceptors (Lipinski definition) is 5.